The van der Waals surface area contributed by atoms with Crippen LogP contribution in [0.25, 0.3) is 17.0 Å². The molecule has 0 aliphatic heterocycles. The van der Waals surface area contributed by atoms with Gasteiger partial charge in [-0.3, -0.25) is 9.89 Å². The van der Waals surface area contributed by atoms with E-state index in [1.807, 2.05) is 0 Å². The van der Waals surface area contributed by atoms with E-state index < -0.39 is 0 Å². The van der Waals surface area contributed by atoms with Crippen LogP contribution in [0.1, 0.15) is 21.6 Å². The number of aliphatic hydroxyl groups excluding tert-OH is 1. The Labute approximate surface area is 167 Å². The number of hydrogen-bond donors (Lipinski definition) is 2. The van der Waals surface area contributed by atoms with Crippen molar-refractivity contribution in [1.29, 1.82) is 0 Å². The number of carbonyl (C=O) groups excluding carboxylic acids is 1. The first-order chi connectivity index (χ1) is 14.1. The maximum Gasteiger partial charge on any atom is 0.211 e. The number of aliphatic hydroxyl groups is 1. The van der Waals surface area contributed by atoms with Crippen molar-refractivity contribution in [2.75, 3.05) is 35.0 Å². The molecule has 8 heteroatoms. The third-order valence-electron chi connectivity index (χ3n) is 4.49. The molecule has 0 amide bonds. The lowest BCUT2D eigenvalue weighted by molar-refractivity contribution is 0.103. The molecule has 0 fully saturated rings. The molecule has 8 nitrogen and oxygen atoms in total. The largest absolute Gasteiger partial charge is 0.496 e. The molecular formula is C21H22N2O6. The van der Waals surface area contributed by atoms with Crippen molar-refractivity contribution >= 4 is 22.8 Å². The number of ketones is 1. The van der Waals surface area contributed by atoms with Crippen LogP contribution >= 0.6 is 0 Å². The SMILES string of the molecule is COc1cc(C(=O)c2[nH]nc3c(/C=C/CO)c(OC)ccc23)cc(OC)c1OC. The number of ether oxygens (including phenoxy) is 4. The van der Waals surface area contributed by atoms with Crippen molar-refractivity contribution in [3.8, 4) is 23.0 Å². The molecule has 2 N–H and O–H groups in total. The smallest absolute Gasteiger partial charge is 0.211 e. The Hall–Kier alpha value is -3.52. The van der Waals surface area contributed by atoms with Crippen LogP contribution in [-0.4, -0.2) is 56.1 Å². The second-order valence-corrected chi connectivity index (χ2v) is 6.00. The molecule has 1 heterocycles. The number of fused-ring (bicyclic) bond motifs is 1. The summed E-state index contributed by atoms with van der Waals surface area (Å²) in [5.41, 5.74) is 1.90. The van der Waals surface area contributed by atoms with Gasteiger partial charge in [0, 0.05) is 16.5 Å². The number of nitrogens with one attached hydrogen (secondary N) is 1. The zero-order valence-electron chi connectivity index (χ0n) is 16.6. The molecule has 0 atom stereocenters. The Bertz CT molecular complexity index is 1050. The molecule has 1 aromatic heterocycles. The quantitative estimate of drug-likeness (QED) is 0.563. The first-order valence-electron chi connectivity index (χ1n) is 8.76. The Balaban J connectivity index is 2.14. The molecule has 29 heavy (non-hydrogen) atoms. The molecule has 0 bridgehead atoms. The van der Waals surface area contributed by atoms with Crippen LogP contribution in [0.3, 0.4) is 0 Å². The number of carbonyl (C=O) groups is 1. The van der Waals surface area contributed by atoms with Crippen molar-refractivity contribution in [3.05, 3.63) is 47.2 Å². The number of nitrogens with zero attached hydrogens (tertiary/aromatic N) is 1. The highest BCUT2D eigenvalue weighted by Crippen LogP contribution is 2.39. The summed E-state index contributed by atoms with van der Waals surface area (Å²) in [5, 5.41) is 16.8. The highest BCUT2D eigenvalue weighted by atomic mass is 16.5. The Kier molecular flexibility index (Phi) is 6.04. The van der Waals surface area contributed by atoms with Gasteiger partial charge in [0.1, 0.15) is 17.0 Å². The summed E-state index contributed by atoms with van der Waals surface area (Å²) in [5.74, 6) is 1.47. The molecule has 3 rings (SSSR count). The van der Waals surface area contributed by atoms with Crippen molar-refractivity contribution in [2.45, 2.75) is 0 Å². The topological polar surface area (TPSA) is 103 Å². The molecule has 152 valence electrons. The average Bonchev–Trinajstić information content (AvgIpc) is 3.19. The van der Waals surface area contributed by atoms with Crippen molar-refractivity contribution in [1.82, 2.24) is 10.2 Å². The maximum atomic E-state index is 13.2. The predicted molar refractivity (Wildman–Crippen MR) is 108 cm³/mol. The van der Waals surface area contributed by atoms with Crippen LogP contribution in [-0.2, 0) is 0 Å². The summed E-state index contributed by atoms with van der Waals surface area (Å²) in [4.78, 5) is 13.2. The maximum absolute atomic E-state index is 13.2. The number of aromatic amines is 1. The molecule has 0 spiro atoms. The predicted octanol–water partition coefficient (Wildman–Crippen LogP) is 2.83. The van der Waals surface area contributed by atoms with E-state index in [9.17, 15) is 4.79 Å². The Morgan fingerprint density at radius 2 is 1.69 bits per heavy atom. The molecule has 0 saturated heterocycles. The number of methoxy groups -OCH3 is 4. The van der Waals surface area contributed by atoms with Gasteiger partial charge in [0.15, 0.2) is 11.5 Å². The van der Waals surface area contributed by atoms with Gasteiger partial charge in [0.05, 0.1) is 35.0 Å². The number of aromatic nitrogens is 2. The van der Waals surface area contributed by atoms with E-state index in [-0.39, 0.29) is 12.4 Å². The van der Waals surface area contributed by atoms with Crippen LogP contribution in [0.4, 0.5) is 0 Å². The lowest BCUT2D eigenvalue weighted by Gasteiger charge is -2.13. The summed E-state index contributed by atoms with van der Waals surface area (Å²) in [6.07, 6.45) is 3.28. The van der Waals surface area contributed by atoms with Crippen molar-refractivity contribution in [3.63, 3.8) is 0 Å². The van der Waals surface area contributed by atoms with E-state index >= 15 is 0 Å². The zero-order valence-corrected chi connectivity index (χ0v) is 16.6. The monoisotopic (exact) mass is 398 g/mol. The van der Waals surface area contributed by atoms with E-state index in [0.29, 0.717) is 50.7 Å². The minimum absolute atomic E-state index is 0.124. The second kappa shape index (κ2) is 8.66. The fourth-order valence-corrected chi connectivity index (χ4v) is 3.12. The van der Waals surface area contributed by atoms with Gasteiger partial charge in [0.25, 0.3) is 0 Å². The minimum Gasteiger partial charge on any atom is -0.496 e. The zero-order chi connectivity index (χ0) is 21.0. The van der Waals surface area contributed by atoms with Crippen LogP contribution in [0.15, 0.2) is 30.3 Å². The lowest BCUT2D eigenvalue weighted by atomic mass is 10.0. The van der Waals surface area contributed by atoms with Gasteiger partial charge in [-0.25, -0.2) is 0 Å². The molecule has 0 unspecified atom stereocenters. The summed E-state index contributed by atoms with van der Waals surface area (Å²) >= 11 is 0. The normalized spacial score (nSPS) is 11.1. The number of H-pyrrole nitrogens is 1. The minimum atomic E-state index is -0.283. The number of hydrogen-bond acceptors (Lipinski definition) is 7. The van der Waals surface area contributed by atoms with Crippen LogP contribution in [0.5, 0.6) is 23.0 Å². The molecule has 3 aromatic rings. The molecular weight excluding hydrogens is 376 g/mol. The van der Waals surface area contributed by atoms with Gasteiger partial charge >= 0.3 is 0 Å². The van der Waals surface area contributed by atoms with E-state index in [2.05, 4.69) is 10.2 Å². The van der Waals surface area contributed by atoms with Gasteiger partial charge in [-0.15, -0.1) is 0 Å². The highest BCUT2D eigenvalue weighted by molar-refractivity contribution is 6.16. The number of benzene rings is 2. The molecule has 0 aliphatic carbocycles. The highest BCUT2D eigenvalue weighted by Gasteiger charge is 2.22. The first-order valence-corrected chi connectivity index (χ1v) is 8.76. The Morgan fingerprint density at radius 3 is 2.24 bits per heavy atom. The summed E-state index contributed by atoms with van der Waals surface area (Å²) in [6.45, 7) is -0.124. The van der Waals surface area contributed by atoms with Gasteiger partial charge < -0.3 is 24.1 Å². The number of rotatable bonds is 8. The van der Waals surface area contributed by atoms with Crippen molar-refractivity contribution in [2.24, 2.45) is 0 Å². The third kappa shape index (κ3) is 3.62. The summed E-state index contributed by atoms with van der Waals surface area (Å²) < 4.78 is 21.4. The molecule has 2 aromatic carbocycles. The lowest BCUT2D eigenvalue weighted by Crippen LogP contribution is -2.05. The molecule has 0 radical (unpaired) electrons. The van der Waals surface area contributed by atoms with E-state index in [0.717, 1.165) is 0 Å². The van der Waals surface area contributed by atoms with E-state index in [4.69, 9.17) is 24.1 Å². The van der Waals surface area contributed by atoms with Gasteiger partial charge in [-0.05, 0) is 24.3 Å². The van der Waals surface area contributed by atoms with Gasteiger partial charge in [-0.2, -0.15) is 5.10 Å². The van der Waals surface area contributed by atoms with E-state index in [1.165, 1.54) is 21.3 Å². The van der Waals surface area contributed by atoms with Crippen LogP contribution in [0.2, 0.25) is 0 Å². The second-order valence-electron chi connectivity index (χ2n) is 6.00. The first kappa shape index (κ1) is 20.2. The fourth-order valence-electron chi connectivity index (χ4n) is 3.12. The van der Waals surface area contributed by atoms with E-state index in [1.54, 1.807) is 43.5 Å². The van der Waals surface area contributed by atoms with Crippen LogP contribution < -0.4 is 18.9 Å². The Morgan fingerprint density at radius 1 is 1.03 bits per heavy atom. The van der Waals surface area contributed by atoms with Gasteiger partial charge in [0.2, 0.25) is 11.5 Å². The summed E-state index contributed by atoms with van der Waals surface area (Å²) in [6, 6.07) is 6.69. The average molecular weight is 398 g/mol. The third-order valence-corrected chi connectivity index (χ3v) is 4.49. The fraction of sp³-hybridized carbons (Fsp3) is 0.238. The summed E-state index contributed by atoms with van der Waals surface area (Å²) in [7, 11) is 6.03. The van der Waals surface area contributed by atoms with Crippen LogP contribution in [0, 0.1) is 0 Å². The molecule has 0 aliphatic rings. The van der Waals surface area contributed by atoms with Crippen molar-refractivity contribution < 1.29 is 28.8 Å². The molecule has 0 saturated carbocycles. The van der Waals surface area contributed by atoms with Gasteiger partial charge in [-0.1, -0.05) is 12.2 Å². The standard InChI is InChI=1S/C21H22N2O6/c1-26-15-8-7-14-18(13(15)6-5-9-24)22-23-19(14)20(25)12-10-16(27-2)21(29-4)17(11-12)28-3/h5-8,10-11,24H,9H2,1-4H3,(H,22,23)/b6-5+.